The maximum absolute atomic E-state index is 13.2. The highest BCUT2D eigenvalue weighted by molar-refractivity contribution is 6.24. The summed E-state index contributed by atoms with van der Waals surface area (Å²) >= 11 is 0. The molecule has 158 valence electrons. The Hall–Kier alpha value is -3.28. The van der Waals surface area contributed by atoms with Crippen molar-refractivity contribution < 1.29 is 23.9 Å². The zero-order chi connectivity index (χ0) is 21.7. The topological polar surface area (TPSA) is 80.8 Å². The number of carbonyl (C=O) groups is 4. The molecule has 2 aromatic carbocycles. The molecule has 0 radical (unpaired) electrons. The van der Waals surface area contributed by atoms with Crippen LogP contribution in [0.1, 0.15) is 46.9 Å². The third kappa shape index (κ3) is 3.09. The smallest absolute Gasteiger partial charge is 0.340 e. The van der Waals surface area contributed by atoms with Gasteiger partial charge in [-0.15, -0.1) is 0 Å². The normalized spacial score (nSPS) is 27.3. The number of hydrogen-bond donors (Lipinski definition) is 0. The summed E-state index contributed by atoms with van der Waals surface area (Å²) in [4.78, 5) is 53.1. The Morgan fingerprint density at radius 3 is 2.13 bits per heavy atom. The average Bonchev–Trinajstić information content (AvgIpc) is 3.47. The number of imide groups is 1. The second kappa shape index (κ2) is 7.45. The number of carbonyl (C=O) groups excluding carboxylic acids is 4. The van der Waals surface area contributed by atoms with E-state index >= 15 is 0 Å². The Morgan fingerprint density at radius 1 is 0.903 bits per heavy atom. The molecule has 6 nitrogen and oxygen atoms in total. The van der Waals surface area contributed by atoms with Gasteiger partial charge in [0, 0.05) is 5.56 Å². The molecule has 3 fully saturated rings. The lowest BCUT2D eigenvalue weighted by atomic mass is 9.81. The Morgan fingerprint density at radius 2 is 1.48 bits per heavy atom. The fourth-order valence-corrected chi connectivity index (χ4v) is 5.60. The number of amides is 2. The van der Waals surface area contributed by atoms with Crippen LogP contribution in [0.3, 0.4) is 0 Å². The molecule has 31 heavy (non-hydrogen) atoms. The number of Topliss-reactive ketones (excluding diaryl/α,β-unsaturated/α-hetero) is 1. The van der Waals surface area contributed by atoms with Crippen LogP contribution in [-0.2, 0) is 14.3 Å². The molecule has 5 rings (SSSR count). The van der Waals surface area contributed by atoms with Gasteiger partial charge in [0.25, 0.3) is 0 Å². The zero-order valence-electron chi connectivity index (χ0n) is 17.2. The quantitative estimate of drug-likeness (QED) is 0.421. The van der Waals surface area contributed by atoms with Crippen molar-refractivity contribution in [2.24, 2.45) is 23.7 Å². The molecule has 2 aromatic rings. The van der Waals surface area contributed by atoms with Gasteiger partial charge in [-0.2, -0.15) is 0 Å². The highest BCUT2D eigenvalue weighted by Gasteiger charge is 2.61. The summed E-state index contributed by atoms with van der Waals surface area (Å²) in [7, 11) is 0. The minimum absolute atomic E-state index is 0.115. The Balaban J connectivity index is 1.40. The van der Waals surface area contributed by atoms with Crippen molar-refractivity contribution in [3.05, 3.63) is 65.7 Å². The second-order valence-electron chi connectivity index (χ2n) is 8.69. The lowest BCUT2D eigenvalue weighted by Crippen LogP contribution is -2.34. The Bertz CT molecular complexity index is 1050. The third-order valence-corrected chi connectivity index (χ3v) is 7.00. The van der Waals surface area contributed by atoms with Crippen LogP contribution < -0.4 is 4.90 Å². The van der Waals surface area contributed by atoms with E-state index in [-0.39, 0.29) is 52.5 Å². The second-order valence-corrected chi connectivity index (χ2v) is 8.69. The van der Waals surface area contributed by atoms with Crippen LogP contribution in [0, 0.1) is 23.7 Å². The van der Waals surface area contributed by atoms with Crippen LogP contribution in [0.2, 0.25) is 0 Å². The predicted octanol–water partition coefficient (Wildman–Crippen LogP) is 3.65. The van der Waals surface area contributed by atoms with Gasteiger partial charge in [-0.1, -0.05) is 42.5 Å². The number of rotatable bonds is 5. The monoisotopic (exact) mass is 417 g/mol. The molecule has 5 atom stereocenters. The van der Waals surface area contributed by atoms with Gasteiger partial charge < -0.3 is 4.74 Å². The maximum Gasteiger partial charge on any atom is 0.340 e. The molecule has 2 aliphatic carbocycles. The Labute approximate surface area is 180 Å². The van der Waals surface area contributed by atoms with Gasteiger partial charge in [-0.25, -0.2) is 9.69 Å². The van der Waals surface area contributed by atoms with E-state index in [1.165, 1.54) is 17.9 Å². The van der Waals surface area contributed by atoms with Crippen molar-refractivity contribution in [3.63, 3.8) is 0 Å². The first kappa shape index (κ1) is 19.7. The van der Waals surface area contributed by atoms with Crippen LogP contribution in [0.15, 0.2) is 54.6 Å². The van der Waals surface area contributed by atoms with Gasteiger partial charge in [-0.3, -0.25) is 14.4 Å². The molecular weight excluding hydrogens is 394 g/mol. The van der Waals surface area contributed by atoms with Crippen LogP contribution in [0.5, 0.6) is 0 Å². The van der Waals surface area contributed by atoms with E-state index in [1.54, 1.807) is 48.5 Å². The highest BCUT2D eigenvalue weighted by atomic mass is 16.5. The van der Waals surface area contributed by atoms with Crippen molar-refractivity contribution in [3.8, 4) is 0 Å². The van der Waals surface area contributed by atoms with E-state index < -0.39 is 12.1 Å². The van der Waals surface area contributed by atoms with E-state index in [2.05, 4.69) is 0 Å². The van der Waals surface area contributed by atoms with Gasteiger partial charge in [0.1, 0.15) is 0 Å². The predicted molar refractivity (Wildman–Crippen MR) is 112 cm³/mol. The van der Waals surface area contributed by atoms with Crippen molar-refractivity contribution in [1.82, 2.24) is 0 Å². The molecular formula is C25H23NO5. The number of para-hydroxylation sites is 1. The first-order chi connectivity index (χ1) is 15.0. The van der Waals surface area contributed by atoms with Gasteiger partial charge in [0.05, 0.1) is 23.1 Å². The summed E-state index contributed by atoms with van der Waals surface area (Å²) in [5.41, 5.74) is 0.809. The number of esters is 1. The van der Waals surface area contributed by atoms with Crippen molar-refractivity contribution in [1.29, 1.82) is 0 Å². The standard InChI is InChI=1S/C25H23NO5/c1-14(22(27)15-7-3-2-4-8-15)31-25(30)18-9-5-6-10-19(18)26-23(28)20-16-11-12-17(13-16)21(20)24(26)29/h2-10,14,16-17,20-21H,11-13H2,1H3/t14-,16-,17+,20+,21+/m1/s1. The minimum Gasteiger partial charge on any atom is -0.451 e. The molecule has 0 spiro atoms. The van der Waals surface area contributed by atoms with Crippen molar-refractivity contribution in [2.45, 2.75) is 32.3 Å². The Kier molecular flexibility index (Phi) is 4.73. The van der Waals surface area contributed by atoms with Crippen LogP contribution >= 0.6 is 0 Å². The molecule has 2 saturated carbocycles. The van der Waals surface area contributed by atoms with Gasteiger partial charge in [0.2, 0.25) is 17.6 Å². The van der Waals surface area contributed by atoms with E-state index in [0.717, 1.165) is 19.3 Å². The summed E-state index contributed by atoms with van der Waals surface area (Å²) in [6.45, 7) is 1.52. The van der Waals surface area contributed by atoms with E-state index in [0.29, 0.717) is 5.56 Å². The molecule has 0 unspecified atom stereocenters. The number of ether oxygens (including phenoxy) is 1. The lowest BCUT2D eigenvalue weighted by Gasteiger charge is -2.20. The average molecular weight is 417 g/mol. The fraction of sp³-hybridized carbons (Fsp3) is 0.360. The zero-order valence-corrected chi connectivity index (χ0v) is 17.2. The molecule has 1 heterocycles. The molecule has 2 bridgehead atoms. The molecule has 6 heteroatoms. The van der Waals surface area contributed by atoms with E-state index in [1.807, 2.05) is 0 Å². The molecule has 1 aliphatic heterocycles. The number of anilines is 1. The van der Waals surface area contributed by atoms with Crippen molar-refractivity contribution >= 4 is 29.3 Å². The number of fused-ring (bicyclic) bond motifs is 5. The molecule has 0 aromatic heterocycles. The number of benzene rings is 2. The lowest BCUT2D eigenvalue weighted by molar-refractivity contribution is -0.123. The maximum atomic E-state index is 13.2. The summed E-state index contributed by atoms with van der Waals surface area (Å²) in [5.74, 6) is -1.48. The molecule has 2 amide bonds. The van der Waals surface area contributed by atoms with E-state index in [4.69, 9.17) is 4.74 Å². The van der Waals surface area contributed by atoms with Crippen molar-refractivity contribution in [2.75, 3.05) is 4.90 Å². The van der Waals surface area contributed by atoms with Gasteiger partial charge in [-0.05, 0) is 50.2 Å². The first-order valence-electron chi connectivity index (χ1n) is 10.7. The largest absolute Gasteiger partial charge is 0.451 e. The minimum atomic E-state index is -0.997. The third-order valence-electron chi connectivity index (χ3n) is 7.00. The summed E-state index contributed by atoms with van der Waals surface area (Å²) in [6.07, 6.45) is 1.93. The number of hydrogen-bond acceptors (Lipinski definition) is 5. The van der Waals surface area contributed by atoms with Gasteiger partial charge in [0.15, 0.2) is 6.10 Å². The summed E-state index contributed by atoms with van der Waals surface area (Å²) in [6, 6.07) is 15.1. The van der Waals surface area contributed by atoms with E-state index in [9.17, 15) is 19.2 Å². The summed E-state index contributed by atoms with van der Waals surface area (Å²) < 4.78 is 5.43. The SMILES string of the molecule is C[C@@H](OC(=O)c1ccccc1N1C(=O)[C@H]2[C@@H]3CC[C@@H](C3)[C@@H]2C1=O)C(=O)c1ccccc1. The van der Waals surface area contributed by atoms with Crippen LogP contribution in [0.4, 0.5) is 5.69 Å². The molecule has 1 saturated heterocycles. The summed E-state index contributed by atoms with van der Waals surface area (Å²) in [5, 5.41) is 0. The number of ketones is 1. The molecule has 3 aliphatic rings. The number of nitrogens with zero attached hydrogens (tertiary/aromatic N) is 1. The van der Waals surface area contributed by atoms with Crippen LogP contribution in [0.25, 0.3) is 0 Å². The molecule has 0 N–H and O–H groups in total. The fourth-order valence-electron chi connectivity index (χ4n) is 5.60. The van der Waals surface area contributed by atoms with Gasteiger partial charge >= 0.3 is 5.97 Å². The highest BCUT2D eigenvalue weighted by Crippen LogP contribution is 2.56. The van der Waals surface area contributed by atoms with Crippen LogP contribution in [-0.4, -0.2) is 29.7 Å². The first-order valence-corrected chi connectivity index (χ1v) is 10.7.